The molecular weight excluding hydrogens is 302 g/mol. The predicted octanol–water partition coefficient (Wildman–Crippen LogP) is 2.55. The Morgan fingerprint density at radius 1 is 1.17 bits per heavy atom. The summed E-state index contributed by atoms with van der Waals surface area (Å²) in [6.45, 7) is 3.41. The highest BCUT2D eigenvalue weighted by atomic mass is 16.2. The number of carbonyl (C=O) groups is 2. The van der Waals surface area contributed by atoms with Crippen molar-refractivity contribution in [2.75, 3.05) is 18.0 Å². The number of anilines is 1. The molecule has 0 aromatic heterocycles. The van der Waals surface area contributed by atoms with E-state index in [0.29, 0.717) is 12.6 Å². The Kier molecular flexibility index (Phi) is 3.94. The monoisotopic (exact) mass is 327 g/mol. The van der Waals surface area contributed by atoms with E-state index in [1.54, 1.807) is 0 Å². The van der Waals surface area contributed by atoms with Crippen LogP contribution < -0.4 is 10.2 Å². The molecule has 2 fully saturated rings. The molecule has 0 bridgehead atoms. The number of nitrogens with one attached hydrogen (secondary N) is 1. The fraction of sp³-hybridized carbons (Fsp3) is 0.579. The van der Waals surface area contributed by atoms with Crippen LogP contribution in [-0.2, 0) is 11.2 Å². The van der Waals surface area contributed by atoms with Gasteiger partial charge >= 0.3 is 6.03 Å². The van der Waals surface area contributed by atoms with Gasteiger partial charge in [-0.25, -0.2) is 4.79 Å². The zero-order valence-corrected chi connectivity index (χ0v) is 14.2. The van der Waals surface area contributed by atoms with Crippen LogP contribution in [-0.4, -0.2) is 42.0 Å². The summed E-state index contributed by atoms with van der Waals surface area (Å²) in [5, 5.41) is 3.04. The van der Waals surface area contributed by atoms with Crippen LogP contribution in [0.15, 0.2) is 24.3 Å². The number of rotatable bonds is 2. The molecule has 24 heavy (non-hydrogen) atoms. The van der Waals surface area contributed by atoms with Crippen molar-refractivity contribution < 1.29 is 9.59 Å². The van der Waals surface area contributed by atoms with Crippen molar-refractivity contribution in [1.29, 1.82) is 0 Å². The van der Waals surface area contributed by atoms with Gasteiger partial charge in [-0.1, -0.05) is 18.2 Å². The number of amides is 3. The minimum atomic E-state index is -0.0858. The number of para-hydroxylation sites is 1. The zero-order chi connectivity index (χ0) is 16.7. The number of nitrogens with zero attached hydrogens (tertiary/aromatic N) is 2. The third-order valence-electron chi connectivity index (χ3n) is 5.41. The topological polar surface area (TPSA) is 52.7 Å². The van der Waals surface area contributed by atoms with Crippen LogP contribution in [0.2, 0.25) is 0 Å². The molecular formula is C19H25N3O2. The van der Waals surface area contributed by atoms with E-state index < -0.39 is 0 Å². The first-order chi connectivity index (χ1) is 11.6. The van der Waals surface area contributed by atoms with Crippen LogP contribution in [0.25, 0.3) is 0 Å². The molecule has 3 aliphatic rings. The highest BCUT2D eigenvalue weighted by molar-refractivity contribution is 5.98. The highest BCUT2D eigenvalue weighted by Gasteiger charge is 2.37. The van der Waals surface area contributed by atoms with Gasteiger partial charge in [0.1, 0.15) is 0 Å². The lowest BCUT2D eigenvalue weighted by molar-refractivity contribution is -0.123. The second-order valence-corrected chi connectivity index (χ2v) is 7.40. The summed E-state index contributed by atoms with van der Waals surface area (Å²) >= 11 is 0. The first-order valence-corrected chi connectivity index (χ1v) is 9.10. The Hall–Kier alpha value is -2.04. The average Bonchev–Trinajstić information content (AvgIpc) is 3.34. The fourth-order valence-corrected chi connectivity index (χ4v) is 3.95. The third kappa shape index (κ3) is 2.87. The van der Waals surface area contributed by atoms with E-state index in [2.05, 4.69) is 18.3 Å². The molecule has 1 saturated carbocycles. The normalized spacial score (nSPS) is 26.2. The van der Waals surface area contributed by atoms with Crippen LogP contribution in [0.5, 0.6) is 0 Å². The Morgan fingerprint density at radius 3 is 2.75 bits per heavy atom. The first kappa shape index (κ1) is 15.5. The molecule has 1 N–H and O–H groups in total. The first-order valence-electron chi connectivity index (χ1n) is 9.10. The van der Waals surface area contributed by atoms with Crippen LogP contribution in [0.1, 0.15) is 38.2 Å². The van der Waals surface area contributed by atoms with Gasteiger partial charge in [0.25, 0.3) is 0 Å². The lowest BCUT2D eigenvalue weighted by Crippen LogP contribution is -2.51. The Bertz CT molecular complexity index is 656. The van der Waals surface area contributed by atoms with Crippen molar-refractivity contribution in [2.24, 2.45) is 5.92 Å². The molecule has 2 unspecified atom stereocenters. The maximum absolute atomic E-state index is 13.1. The second-order valence-electron chi connectivity index (χ2n) is 7.40. The summed E-state index contributed by atoms with van der Waals surface area (Å²) in [5.74, 6) is 0.0914. The maximum atomic E-state index is 13.1. The van der Waals surface area contributed by atoms with Crippen LogP contribution >= 0.6 is 0 Å². The van der Waals surface area contributed by atoms with Gasteiger partial charge in [0, 0.05) is 30.9 Å². The molecule has 1 aromatic carbocycles. The van der Waals surface area contributed by atoms with Crippen molar-refractivity contribution in [3.8, 4) is 0 Å². The van der Waals surface area contributed by atoms with Crippen molar-refractivity contribution >= 4 is 17.6 Å². The molecule has 3 amide bonds. The number of benzene rings is 1. The number of carbonyl (C=O) groups excluding carboxylic acids is 2. The molecule has 1 aromatic rings. The van der Waals surface area contributed by atoms with Crippen molar-refractivity contribution in [1.82, 2.24) is 10.2 Å². The molecule has 2 aliphatic heterocycles. The van der Waals surface area contributed by atoms with Gasteiger partial charge in [-0.2, -0.15) is 0 Å². The Labute approximate surface area is 143 Å². The zero-order valence-electron chi connectivity index (χ0n) is 14.2. The Balaban J connectivity index is 1.46. The van der Waals surface area contributed by atoms with Gasteiger partial charge in [0.2, 0.25) is 5.91 Å². The fourth-order valence-electron chi connectivity index (χ4n) is 3.95. The largest absolute Gasteiger partial charge is 0.335 e. The van der Waals surface area contributed by atoms with Crippen molar-refractivity contribution in [3.05, 3.63) is 29.8 Å². The SMILES string of the molecule is CC1Cc2ccccc2N1C(=O)C1CCCN(C(=O)NC2CC2)C1. The summed E-state index contributed by atoms with van der Waals surface area (Å²) < 4.78 is 0. The van der Waals surface area contributed by atoms with E-state index in [9.17, 15) is 9.59 Å². The van der Waals surface area contributed by atoms with Crippen LogP contribution in [0.4, 0.5) is 10.5 Å². The van der Waals surface area contributed by atoms with Gasteiger partial charge in [0.15, 0.2) is 0 Å². The number of likely N-dealkylation sites (tertiary alicyclic amines) is 1. The second kappa shape index (κ2) is 6.11. The van der Waals surface area contributed by atoms with Crippen molar-refractivity contribution in [2.45, 2.75) is 51.1 Å². The summed E-state index contributed by atoms with van der Waals surface area (Å²) in [6.07, 6.45) is 4.87. The number of fused-ring (bicyclic) bond motifs is 1. The third-order valence-corrected chi connectivity index (χ3v) is 5.41. The van der Waals surface area contributed by atoms with Crippen LogP contribution in [0, 0.1) is 5.92 Å². The summed E-state index contributed by atoms with van der Waals surface area (Å²) in [4.78, 5) is 29.2. The van der Waals surface area contributed by atoms with E-state index in [1.165, 1.54) is 5.56 Å². The molecule has 0 radical (unpaired) electrons. The molecule has 5 nitrogen and oxygen atoms in total. The smallest absolute Gasteiger partial charge is 0.317 e. The van der Waals surface area contributed by atoms with Gasteiger partial charge in [-0.3, -0.25) is 4.79 Å². The highest BCUT2D eigenvalue weighted by Crippen LogP contribution is 2.34. The van der Waals surface area contributed by atoms with Gasteiger partial charge in [-0.05, 0) is 50.7 Å². The predicted molar refractivity (Wildman–Crippen MR) is 92.9 cm³/mol. The van der Waals surface area contributed by atoms with E-state index in [0.717, 1.165) is 44.3 Å². The van der Waals surface area contributed by atoms with Gasteiger partial charge in [0.05, 0.1) is 5.92 Å². The number of hydrogen-bond donors (Lipinski definition) is 1. The summed E-state index contributed by atoms with van der Waals surface area (Å²) in [5.41, 5.74) is 2.30. The number of hydrogen-bond acceptors (Lipinski definition) is 2. The lowest BCUT2D eigenvalue weighted by Gasteiger charge is -2.35. The van der Waals surface area contributed by atoms with E-state index in [4.69, 9.17) is 0 Å². The molecule has 2 heterocycles. The van der Waals surface area contributed by atoms with Gasteiger partial charge < -0.3 is 15.1 Å². The average molecular weight is 327 g/mol. The maximum Gasteiger partial charge on any atom is 0.317 e. The Morgan fingerprint density at radius 2 is 1.96 bits per heavy atom. The van der Waals surface area contributed by atoms with Gasteiger partial charge in [-0.15, -0.1) is 0 Å². The summed E-state index contributed by atoms with van der Waals surface area (Å²) in [6, 6.07) is 8.73. The van der Waals surface area contributed by atoms with E-state index in [-0.39, 0.29) is 23.9 Å². The molecule has 2 atom stereocenters. The minimum Gasteiger partial charge on any atom is -0.335 e. The minimum absolute atomic E-state index is 0.00451. The molecule has 0 spiro atoms. The standard InChI is InChI=1S/C19H25N3O2/c1-13-11-14-5-2-3-7-17(14)22(13)18(23)15-6-4-10-21(12-15)19(24)20-16-8-9-16/h2-3,5,7,13,15-16H,4,6,8-12H2,1H3,(H,20,24). The quantitative estimate of drug-likeness (QED) is 0.907. The molecule has 1 saturated heterocycles. The van der Waals surface area contributed by atoms with E-state index >= 15 is 0 Å². The number of piperidine rings is 1. The molecule has 1 aliphatic carbocycles. The molecule has 5 heteroatoms. The molecule has 4 rings (SSSR count). The summed E-state index contributed by atoms with van der Waals surface area (Å²) in [7, 11) is 0. The van der Waals surface area contributed by atoms with E-state index in [1.807, 2.05) is 28.0 Å². The lowest BCUT2D eigenvalue weighted by atomic mass is 9.96. The van der Waals surface area contributed by atoms with Crippen LogP contribution in [0.3, 0.4) is 0 Å². The molecule has 128 valence electrons. The number of urea groups is 1. The van der Waals surface area contributed by atoms with Crippen molar-refractivity contribution in [3.63, 3.8) is 0 Å².